The van der Waals surface area contributed by atoms with Crippen molar-refractivity contribution >= 4 is 17.5 Å². The monoisotopic (exact) mass is 282 g/mol. The van der Waals surface area contributed by atoms with Crippen molar-refractivity contribution in [2.45, 2.75) is 13.3 Å². The van der Waals surface area contributed by atoms with Gasteiger partial charge >= 0.3 is 0 Å². The number of anilines is 3. The minimum absolute atomic E-state index is 0.0644. The first-order valence-electron chi connectivity index (χ1n) is 6.08. The molecule has 0 spiro atoms. The van der Waals surface area contributed by atoms with Gasteiger partial charge in [-0.1, -0.05) is 6.92 Å². The largest absolute Gasteiger partial charge is 0.354 e. The molecular weight excluding hydrogens is 269 g/mol. The number of benzene rings is 1. The molecule has 0 bridgehead atoms. The van der Waals surface area contributed by atoms with Crippen LogP contribution in [0.3, 0.4) is 0 Å². The fraction of sp³-hybridized carbons (Fsp3) is 0.231. The molecule has 0 radical (unpaired) electrons. The highest BCUT2D eigenvalue weighted by molar-refractivity contribution is 5.58. The lowest BCUT2D eigenvalue weighted by molar-refractivity contribution is 0.585. The molecule has 0 atom stereocenters. The third kappa shape index (κ3) is 3.37. The van der Waals surface area contributed by atoms with E-state index in [4.69, 9.17) is 0 Å². The molecule has 1 heterocycles. The van der Waals surface area contributed by atoms with Crippen LogP contribution >= 0.6 is 0 Å². The summed E-state index contributed by atoms with van der Waals surface area (Å²) in [6.45, 7) is 2.60. The van der Waals surface area contributed by atoms with Crippen LogP contribution in [0.2, 0.25) is 0 Å². The van der Waals surface area contributed by atoms with Crippen molar-refractivity contribution in [3.63, 3.8) is 0 Å². The zero-order valence-corrected chi connectivity index (χ0v) is 10.8. The second-order valence-electron chi connectivity index (χ2n) is 4.07. The minimum atomic E-state index is -0.828. The predicted molar refractivity (Wildman–Crippen MR) is 70.4 cm³/mol. The quantitative estimate of drug-likeness (QED) is 0.881. The SMILES string of the molecule is CCCNc1ncc(F)c(Nc2ccc(F)cc2F)n1. The summed E-state index contributed by atoms with van der Waals surface area (Å²) in [6.07, 6.45) is 1.84. The summed E-state index contributed by atoms with van der Waals surface area (Å²) in [7, 11) is 0. The molecule has 1 aromatic carbocycles. The highest BCUT2D eigenvalue weighted by atomic mass is 19.1. The lowest BCUT2D eigenvalue weighted by Crippen LogP contribution is -2.07. The molecule has 2 N–H and O–H groups in total. The van der Waals surface area contributed by atoms with Crippen molar-refractivity contribution < 1.29 is 13.2 Å². The molecule has 4 nitrogen and oxygen atoms in total. The highest BCUT2D eigenvalue weighted by Crippen LogP contribution is 2.21. The molecule has 2 rings (SSSR count). The average molecular weight is 282 g/mol. The molecule has 0 saturated carbocycles. The lowest BCUT2D eigenvalue weighted by atomic mass is 10.3. The van der Waals surface area contributed by atoms with E-state index in [1.165, 1.54) is 6.07 Å². The average Bonchev–Trinajstić information content (AvgIpc) is 2.42. The van der Waals surface area contributed by atoms with E-state index < -0.39 is 17.5 Å². The maximum absolute atomic E-state index is 13.6. The summed E-state index contributed by atoms with van der Waals surface area (Å²) in [4.78, 5) is 7.66. The summed E-state index contributed by atoms with van der Waals surface area (Å²) >= 11 is 0. The normalized spacial score (nSPS) is 10.4. The van der Waals surface area contributed by atoms with Gasteiger partial charge in [-0.15, -0.1) is 0 Å². The zero-order chi connectivity index (χ0) is 14.5. The Morgan fingerprint density at radius 2 is 1.95 bits per heavy atom. The van der Waals surface area contributed by atoms with Gasteiger partial charge in [0.1, 0.15) is 11.6 Å². The van der Waals surface area contributed by atoms with Crippen LogP contribution in [0, 0.1) is 17.5 Å². The van der Waals surface area contributed by atoms with Gasteiger partial charge in [-0.2, -0.15) is 4.98 Å². The van der Waals surface area contributed by atoms with Crippen molar-refractivity contribution in [2.75, 3.05) is 17.2 Å². The van der Waals surface area contributed by atoms with E-state index in [1.807, 2.05) is 6.92 Å². The Hall–Kier alpha value is -2.31. The number of hydrogen-bond donors (Lipinski definition) is 2. The van der Waals surface area contributed by atoms with Gasteiger partial charge in [0.05, 0.1) is 11.9 Å². The Kier molecular flexibility index (Phi) is 4.39. The number of aromatic nitrogens is 2. The van der Waals surface area contributed by atoms with E-state index >= 15 is 0 Å². The smallest absolute Gasteiger partial charge is 0.224 e. The van der Waals surface area contributed by atoms with Crippen molar-refractivity contribution in [2.24, 2.45) is 0 Å². The van der Waals surface area contributed by atoms with Crippen molar-refractivity contribution in [3.05, 3.63) is 41.8 Å². The van der Waals surface area contributed by atoms with Gasteiger partial charge in [-0.3, -0.25) is 0 Å². The fourth-order valence-corrected chi connectivity index (χ4v) is 1.50. The van der Waals surface area contributed by atoms with Crippen LogP contribution in [0.5, 0.6) is 0 Å². The Bertz CT molecular complexity index is 604. The van der Waals surface area contributed by atoms with E-state index in [0.717, 1.165) is 18.7 Å². The zero-order valence-electron chi connectivity index (χ0n) is 10.8. The molecule has 2 aromatic rings. The summed E-state index contributed by atoms with van der Waals surface area (Å²) in [5.74, 6) is -2.20. The van der Waals surface area contributed by atoms with Gasteiger partial charge in [-0.05, 0) is 18.6 Å². The number of rotatable bonds is 5. The first-order chi connectivity index (χ1) is 9.60. The molecule has 0 saturated heterocycles. The Morgan fingerprint density at radius 3 is 2.65 bits per heavy atom. The summed E-state index contributed by atoms with van der Waals surface area (Å²) < 4.78 is 39.9. The summed E-state index contributed by atoms with van der Waals surface area (Å²) in [5.41, 5.74) is -0.0644. The lowest BCUT2D eigenvalue weighted by Gasteiger charge is -2.09. The Morgan fingerprint density at radius 1 is 1.15 bits per heavy atom. The highest BCUT2D eigenvalue weighted by Gasteiger charge is 2.10. The van der Waals surface area contributed by atoms with Gasteiger partial charge in [0.25, 0.3) is 0 Å². The van der Waals surface area contributed by atoms with E-state index in [2.05, 4.69) is 20.6 Å². The second kappa shape index (κ2) is 6.23. The molecule has 1 aromatic heterocycles. The third-order valence-corrected chi connectivity index (χ3v) is 2.46. The second-order valence-corrected chi connectivity index (χ2v) is 4.07. The summed E-state index contributed by atoms with van der Waals surface area (Å²) in [6, 6.07) is 2.95. The molecule has 106 valence electrons. The first-order valence-corrected chi connectivity index (χ1v) is 6.08. The number of halogens is 3. The molecule has 0 aliphatic heterocycles. The van der Waals surface area contributed by atoms with Crippen LogP contribution in [0.15, 0.2) is 24.4 Å². The van der Waals surface area contributed by atoms with E-state index in [1.54, 1.807) is 0 Å². The number of nitrogens with zero attached hydrogens (tertiary/aromatic N) is 2. The summed E-state index contributed by atoms with van der Waals surface area (Å²) in [5, 5.41) is 5.37. The molecule has 0 fully saturated rings. The van der Waals surface area contributed by atoms with Crippen LogP contribution in [0.1, 0.15) is 13.3 Å². The maximum atomic E-state index is 13.6. The number of nitrogens with one attached hydrogen (secondary N) is 2. The van der Waals surface area contributed by atoms with Crippen LogP contribution in [-0.2, 0) is 0 Å². The Labute approximate surface area is 114 Å². The molecule has 0 unspecified atom stereocenters. The van der Waals surface area contributed by atoms with Gasteiger partial charge in [-0.25, -0.2) is 18.2 Å². The topological polar surface area (TPSA) is 49.8 Å². The van der Waals surface area contributed by atoms with Crippen LogP contribution < -0.4 is 10.6 Å². The maximum Gasteiger partial charge on any atom is 0.224 e. The van der Waals surface area contributed by atoms with Crippen LogP contribution in [0.4, 0.5) is 30.6 Å². The number of hydrogen-bond acceptors (Lipinski definition) is 4. The molecule has 0 amide bonds. The van der Waals surface area contributed by atoms with Gasteiger partial charge in [0, 0.05) is 12.6 Å². The van der Waals surface area contributed by atoms with E-state index in [9.17, 15) is 13.2 Å². The van der Waals surface area contributed by atoms with Gasteiger partial charge in [0.2, 0.25) is 5.95 Å². The molecule has 0 aliphatic carbocycles. The van der Waals surface area contributed by atoms with E-state index in [-0.39, 0.29) is 17.5 Å². The molecule has 7 heteroatoms. The fourth-order valence-electron chi connectivity index (χ4n) is 1.50. The van der Waals surface area contributed by atoms with Crippen molar-refractivity contribution in [1.29, 1.82) is 0 Å². The predicted octanol–water partition coefficient (Wildman–Crippen LogP) is 3.46. The van der Waals surface area contributed by atoms with Crippen molar-refractivity contribution in [1.82, 2.24) is 9.97 Å². The van der Waals surface area contributed by atoms with Crippen LogP contribution in [0.25, 0.3) is 0 Å². The van der Waals surface area contributed by atoms with Crippen molar-refractivity contribution in [3.8, 4) is 0 Å². The molecule has 20 heavy (non-hydrogen) atoms. The molecular formula is C13H13F3N4. The third-order valence-electron chi connectivity index (χ3n) is 2.46. The van der Waals surface area contributed by atoms with Gasteiger partial charge < -0.3 is 10.6 Å². The standard InChI is InChI=1S/C13H13F3N4/c1-2-5-17-13-18-7-10(16)12(20-13)19-11-4-3-8(14)6-9(11)15/h3-4,6-7H,2,5H2,1H3,(H2,17,18,19,20). The van der Waals surface area contributed by atoms with E-state index in [0.29, 0.717) is 12.6 Å². The minimum Gasteiger partial charge on any atom is -0.354 e. The Balaban J connectivity index is 2.23. The van der Waals surface area contributed by atoms with Crippen LogP contribution in [-0.4, -0.2) is 16.5 Å². The van der Waals surface area contributed by atoms with Gasteiger partial charge in [0.15, 0.2) is 11.6 Å². The molecule has 0 aliphatic rings. The first kappa shape index (κ1) is 14.1.